The van der Waals surface area contributed by atoms with E-state index in [1.165, 1.54) is 5.01 Å². The highest BCUT2D eigenvalue weighted by Crippen LogP contribution is 2.27. The maximum atomic E-state index is 5.76. The van der Waals surface area contributed by atoms with E-state index in [-0.39, 0.29) is 0 Å². The van der Waals surface area contributed by atoms with Crippen LogP contribution in [0.25, 0.3) is 0 Å². The molecule has 1 unspecified atom stereocenters. The minimum atomic E-state index is 0.423. The number of alkyl halides is 1. The zero-order valence-corrected chi connectivity index (χ0v) is 11.4. The van der Waals surface area contributed by atoms with E-state index in [1.807, 2.05) is 0 Å². The number of hydrogen-bond donors (Lipinski definition) is 0. The van der Waals surface area contributed by atoms with Gasteiger partial charge in [0, 0.05) is 11.4 Å². The summed E-state index contributed by atoms with van der Waals surface area (Å²) in [5.74, 6) is 0.512. The molecule has 1 aromatic heterocycles. The SMILES string of the molecule is CCC(c1nc(CCl)cs1)N(C)C(C)C. The van der Waals surface area contributed by atoms with Crippen molar-refractivity contribution in [3.05, 3.63) is 16.1 Å². The zero-order valence-electron chi connectivity index (χ0n) is 9.83. The van der Waals surface area contributed by atoms with Crippen LogP contribution in [0.15, 0.2) is 5.38 Å². The van der Waals surface area contributed by atoms with Crippen molar-refractivity contribution in [2.75, 3.05) is 7.05 Å². The van der Waals surface area contributed by atoms with E-state index in [0.29, 0.717) is 18.0 Å². The summed E-state index contributed by atoms with van der Waals surface area (Å²) in [6.45, 7) is 6.61. The maximum Gasteiger partial charge on any atom is 0.110 e. The van der Waals surface area contributed by atoms with E-state index in [0.717, 1.165) is 12.1 Å². The van der Waals surface area contributed by atoms with Gasteiger partial charge < -0.3 is 0 Å². The Bertz CT molecular complexity index is 299. The van der Waals surface area contributed by atoms with Crippen molar-refractivity contribution in [1.82, 2.24) is 9.88 Å². The Balaban J connectivity index is 2.82. The third kappa shape index (κ3) is 3.16. The van der Waals surface area contributed by atoms with Crippen LogP contribution in [0, 0.1) is 0 Å². The van der Waals surface area contributed by atoms with Crippen LogP contribution in [0.2, 0.25) is 0 Å². The van der Waals surface area contributed by atoms with E-state index in [1.54, 1.807) is 11.3 Å². The summed E-state index contributed by atoms with van der Waals surface area (Å²) < 4.78 is 0. The molecule has 2 nitrogen and oxygen atoms in total. The smallest absolute Gasteiger partial charge is 0.110 e. The van der Waals surface area contributed by atoms with Crippen molar-refractivity contribution in [1.29, 1.82) is 0 Å². The van der Waals surface area contributed by atoms with Crippen LogP contribution in [0.4, 0.5) is 0 Å². The fraction of sp³-hybridized carbons (Fsp3) is 0.727. The van der Waals surface area contributed by atoms with Crippen molar-refractivity contribution < 1.29 is 0 Å². The molecule has 0 spiro atoms. The fourth-order valence-corrected chi connectivity index (χ4v) is 2.81. The lowest BCUT2D eigenvalue weighted by Gasteiger charge is -2.28. The number of thiazole rings is 1. The summed E-state index contributed by atoms with van der Waals surface area (Å²) in [5.41, 5.74) is 0.993. The van der Waals surface area contributed by atoms with E-state index in [4.69, 9.17) is 11.6 Å². The van der Waals surface area contributed by atoms with Gasteiger partial charge in [-0.15, -0.1) is 22.9 Å². The molecule has 0 saturated heterocycles. The second-order valence-corrected chi connectivity index (χ2v) is 5.15. The van der Waals surface area contributed by atoms with Gasteiger partial charge in [-0.2, -0.15) is 0 Å². The first-order chi connectivity index (χ1) is 7.10. The molecule has 4 heteroatoms. The molecule has 1 heterocycles. The van der Waals surface area contributed by atoms with Crippen molar-refractivity contribution >= 4 is 22.9 Å². The van der Waals surface area contributed by atoms with Crippen LogP contribution in [0.1, 0.15) is 43.9 Å². The average Bonchev–Trinajstić information content (AvgIpc) is 2.67. The molecule has 1 atom stereocenters. The largest absolute Gasteiger partial charge is 0.295 e. The van der Waals surface area contributed by atoms with E-state index >= 15 is 0 Å². The van der Waals surface area contributed by atoms with Crippen LogP contribution in [0.5, 0.6) is 0 Å². The second-order valence-electron chi connectivity index (χ2n) is 3.99. The molecule has 0 amide bonds. The lowest BCUT2D eigenvalue weighted by molar-refractivity contribution is 0.191. The molecule has 0 N–H and O–H groups in total. The van der Waals surface area contributed by atoms with E-state index in [9.17, 15) is 0 Å². The van der Waals surface area contributed by atoms with Crippen LogP contribution in [-0.4, -0.2) is 23.0 Å². The standard InChI is InChI=1S/C11H19ClN2S/c1-5-10(14(4)8(2)3)11-13-9(6-12)7-15-11/h7-8,10H,5-6H2,1-4H3. The first-order valence-electron chi connectivity index (χ1n) is 5.32. The highest BCUT2D eigenvalue weighted by Gasteiger charge is 2.20. The Morgan fingerprint density at radius 2 is 2.20 bits per heavy atom. The predicted molar refractivity (Wildman–Crippen MR) is 67.6 cm³/mol. The van der Waals surface area contributed by atoms with Gasteiger partial charge in [0.1, 0.15) is 5.01 Å². The molecule has 0 aromatic carbocycles. The lowest BCUT2D eigenvalue weighted by Crippen LogP contribution is -2.30. The second kappa shape index (κ2) is 5.83. The summed E-state index contributed by atoms with van der Waals surface area (Å²) in [7, 11) is 2.15. The van der Waals surface area contributed by atoms with Crippen LogP contribution in [0.3, 0.4) is 0 Å². The van der Waals surface area contributed by atoms with Crippen molar-refractivity contribution in [2.45, 2.75) is 45.2 Å². The highest BCUT2D eigenvalue weighted by molar-refractivity contribution is 7.09. The molecule has 86 valence electrons. The minimum Gasteiger partial charge on any atom is -0.295 e. The van der Waals surface area contributed by atoms with Gasteiger partial charge in [0.05, 0.1) is 17.6 Å². The lowest BCUT2D eigenvalue weighted by atomic mass is 10.2. The third-order valence-corrected chi connectivity index (χ3v) is 3.95. The quantitative estimate of drug-likeness (QED) is 0.737. The zero-order chi connectivity index (χ0) is 11.4. The normalized spacial score (nSPS) is 13.8. The molecule has 0 bridgehead atoms. The number of hydrogen-bond acceptors (Lipinski definition) is 3. The fourth-order valence-electron chi connectivity index (χ4n) is 1.53. The molecule has 0 aliphatic heterocycles. The first kappa shape index (κ1) is 12.9. The monoisotopic (exact) mass is 246 g/mol. The minimum absolute atomic E-state index is 0.423. The Kier molecular flexibility index (Phi) is 5.03. The third-order valence-electron chi connectivity index (χ3n) is 2.68. The molecule has 0 saturated carbocycles. The average molecular weight is 247 g/mol. The molecular formula is C11H19ClN2S. The van der Waals surface area contributed by atoms with Gasteiger partial charge in [-0.1, -0.05) is 6.92 Å². The van der Waals surface area contributed by atoms with Gasteiger partial charge in [0.25, 0.3) is 0 Å². The Labute approximate surface area is 101 Å². The highest BCUT2D eigenvalue weighted by atomic mass is 35.5. The number of nitrogens with zero attached hydrogens (tertiary/aromatic N) is 2. The van der Waals surface area contributed by atoms with Crippen LogP contribution in [-0.2, 0) is 5.88 Å². The van der Waals surface area contributed by atoms with Crippen LogP contribution < -0.4 is 0 Å². The molecule has 0 aliphatic carbocycles. The summed E-state index contributed by atoms with van der Waals surface area (Å²) in [5, 5.41) is 3.24. The van der Waals surface area contributed by atoms with Crippen LogP contribution >= 0.6 is 22.9 Å². The molecule has 0 aliphatic rings. The van der Waals surface area contributed by atoms with E-state index in [2.05, 4.69) is 43.1 Å². The van der Waals surface area contributed by atoms with Crippen molar-refractivity contribution in [3.8, 4) is 0 Å². The Morgan fingerprint density at radius 1 is 1.53 bits per heavy atom. The Morgan fingerprint density at radius 3 is 2.60 bits per heavy atom. The molecule has 15 heavy (non-hydrogen) atoms. The van der Waals surface area contributed by atoms with Crippen molar-refractivity contribution in [2.24, 2.45) is 0 Å². The topological polar surface area (TPSA) is 16.1 Å². The summed E-state index contributed by atoms with van der Waals surface area (Å²) >= 11 is 7.48. The van der Waals surface area contributed by atoms with Gasteiger partial charge in [0.2, 0.25) is 0 Å². The number of rotatable bonds is 5. The van der Waals surface area contributed by atoms with Gasteiger partial charge in [0.15, 0.2) is 0 Å². The molecular weight excluding hydrogens is 228 g/mol. The van der Waals surface area contributed by atoms with Gasteiger partial charge in [-0.25, -0.2) is 4.98 Å². The predicted octanol–water partition coefficient (Wildman–Crippen LogP) is 3.67. The molecule has 1 rings (SSSR count). The number of halogens is 1. The molecule has 0 radical (unpaired) electrons. The summed E-state index contributed by atoms with van der Waals surface area (Å²) in [6, 6.07) is 0.963. The van der Waals surface area contributed by atoms with Gasteiger partial charge in [-0.05, 0) is 27.3 Å². The van der Waals surface area contributed by atoms with Crippen molar-refractivity contribution in [3.63, 3.8) is 0 Å². The summed E-state index contributed by atoms with van der Waals surface area (Å²) in [4.78, 5) is 6.91. The van der Waals surface area contributed by atoms with Gasteiger partial charge >= 0.3 is 0 Å². The first-order valence-corrected chi connectivity index (χ1v) is 6.73. The maximum absolute atomic E-state index is 5.76. The number of aromatic nitrogens is 1. The molecule has 1 aromatic rings. The molecule has 0 fully saturated rings. The van der Waals surface area contributed by atoms with Gasteiger partial charge in [-0.3, -0.25) is 4.90 Å². The Hall–Kier alpha value is -0.120. The van der Waals surface area contributed by atoms with E-state index < -0.39 is 0 Å². The summed E-state index contributed by atoms with van der Waals surface area (Å²) in [6.07, 6.45) is 1.09.